The zero-order valence-corrected chi connectivity index (χ0v) is 8.98. The number of rotatable bonds is 2. The fraction of sp³-hybridized carbons (Fsp3) is 0.111. The van der Waals surface area contributed by atoms with Crippen LogP contribution in [-0.4, -0.2) is 16.1 Å². The van der Waals surface area contributed by atoms with E-state index >= 15 is 0 Å². The van der Waals surface area contributed by atoms with Gasteiger partial charge >= 0.3 is 5.97 Å². The molecule has 0 unspecified atom stereocenters. The summed E-state index contributed by atoms with van der Waals surface area (Å²) in [5.74, 6) is -0.959. The van der Waals surface area contributed by atoms with E-state index in [0.717, 1.165) is 16.1 Å². The fourth-order valence-corrected chi connectivity index (χ4v) is 2.77. The monoisotopic (exact) mass is 225 g/mol. The number of thiophene rings is 1. The molecule has 5 heteroatoms. The van der Waals surface area contributed by atoms with Crippen molar-refractivity contribution in [3.05, 3.63) is 27.5 Å². The molecule has 3 nitrogen and oxygen atoms in total. The average Bonchev–Trinajstić information content (AvgIpc) is 2.71. The molecule has 0 aromatic carbocycles. The van der Waals surface area contributed by atoms with Gasteiger partial charge in [-0.15, -0.1) is 11.3 Å². The zero-order chi connectivity index (χ0) is 10.1. The molecule has 0 radical (unpaired) electrons. The molecule has 0 saturated heterocycles. The van der Waals surface area contributed by atoms with Crippen LogP contribution in [0.3, 0.4) is 0 Å². The lowest BCUT2D eigenvalue weighted by Crippen LogP contribution is -1.93. The summed E-state index contributed by atoms with van der Waals surface area (Å²) < 4.78 is 0. The maximum Gasteiger partial charge on any atom is 0.365 e. The summed E-state index contributed by atoms with van der Waals surface area (Å²) in [5.41, 5.74) is 1.84. The molecule has 72 valence electrons. The predicted octanol–water partition coefficient (Wildman–Crippen LogP) is 2.88. The fourth-order valence-electron chi connectivity index (χ4n) is 1.15. The summed E-state index contributed by atoms with van der Waals surface area (Å²) in [6.07, 6.45) is 0. The Morgan fingerprint density at radius 2 is 2.36 bits per heavy atom. The summed E-state index contributed by atoms with van der Waals surface area (Å²) in [4.78, 5) is 15.6. The van der Waals surface area contributed by atoms with E-state index in [2.05, 4.69) is 4.98 Å². The molecule has 0 aliphatic rings. The molecule has 2 heterocycles. The molecule has 0 saturated carbocycles. The lowest BCUT2D eigenvalue weighted by Gasteiger charge is -1.90. The molecule has 0 aliphatic heterocycles. The largest absolute Gasteiger partial charge is 0.476 e. The number of carboxylic acid groups (broad SMARTS) is 1. The first-order chi connectivity index (χ1) is 6.68. The smallest absolute Gasteiger partial charge is 0.365 e. The van der Waals surface area contributed by atoms with Crippen LogP contribution in [0.5, 0.6) is 0 Å². The molecule has 2 aromatic rings. The topological polar surface area (TPSA) is 50.2 Å². The van der Waals surface area contributed by atoms with Crippen LogP contribution in [0.15, 0.2) is 16.8 Å². The third-order valence-corrected chi connectivity index (χ3v) is 3.64. The third kappa shape index (κ3) is 1.56. The molecule has 0 spiro atoms. The Balaban J connectivity index is 2.50. The molecule has 2 aromatic heterocycles. The van der Waals surface area contributed by atoms with Crippen molar-refractivity contribution in [3.63, 3.8) is 0 Å². The van der Waals surface area contributed by atoms with Gasteiger partial charge in [0, 0.05) is 5.56 Å². The number of aryl methyl sites for hydroxylation is 1. The van der Waals surface area contributed by atoms with E-state index in [1.54, 1.807) is 11.3 Å². The van der Waals surface area contributed by atoms with Crippen LogP contribution >= 0.6 is 22.7 Å². The quantitative estimate of drug-likeness (QED) is 0.855. The van der Waals surface area contributed by atoms with E-state index in [9.17, 15) is 4.79 Å². The molecule has 0 amide bonds. The third-order valence-electron chi connectivity index (χ3n) is 1.76. The van der Waals surface area contributed by atoms with E-state index < -0.39 is 5.97 Å². The molecule has 0 atom stereocenters. The highest BCUT2D eigenvalue weighted by Crippen LogP contribution is 2.31. The van der Waals surface area contributed by atoms with Crippen LogP contribution in [0.2, 0.25) is 0 Å². The minimum atomic E-state index is -0.959. The summed E-state index contributed by atoms with van der Waals surface area (Å²) in [7, 11) is 0. The molecular formula is C9H7NO2S2. The van der Waals surface area contributed by atoms with Crippen LogP contribution in [0.1, 0.15) is 15.5 Å². The lowest BCUT2D eigenvalue weighted by molar-refractivity contribution is 0.0696. The number of aromatic carboxylic acids is 1. The SMILES string of the molecule is Cc1nc(C(=O)O)sc1-c1ccsc1. The Bertz CT molecular complexity index is 459. The molecule has 14 heavy (non-hydrogen) atoms. The van der Waals surface area contributed by atoms with Gasteiger partial charge < -0.3 is 5.11 Å². The van der Waals surface area contributed by atoms with Crippen molar-refractivity contribution < 1.29 is 9.90 Å². The Labute approximate surface area is 88.7 Å². The summed E-state index contributed by atoms with van der Waals surface area (Å²) in [6, 6.07) is 1.97. The Morgan fingerprint density at radius 3 is 2.86 bits per heavy atom. The van der Waals surface area contributed by atoms with Gasteiger partial charge in [-0.05, 0) is 23.8 Å². The van der Waals surface area contributed by atoms with Gasteiger partial charge in [-0.25, -0.2) is 9.78 Å². The minimum absolute atomic E-state index is 0.156. The second-order valence-electron chi connectivity index (χ2n) is 2.75. The van der Waals surface area contributed by atoms with Gasteiger partial charge in [-0.3, -0.25) is 0 Å². The maximum absolute atomic E-state index is 10.7. The highest BCUT2D eigenvalue weighted by atomic mass is 32.1. The van der Waals surface area contributed by atoms with Gasteiger partial charge in [0.05, 0.1) is 10.6 Å². The zero-order valence-electron chi connectivity index (χ0n) is 7.35. The molecule has 1 N–H and O–H groups in total. The van der Waals surface area contributed by atoms with Crippen LogP contribution in [-0.2, 0) is 0 Å². The summed E-state index contributed by atoms with van der Waals surface area (Å²) in [6.45, 7) is 1.83. The number of hydrogen-bond acceptors (Lipinski definition) is 4. The normalized spacial score (nSPS) is 10.4. The van der Waals surface area contributed by atoms with E-state index in [1.165, 1.54) is 11.3 Å². The predicted molar refractivity (Wildman–Crippen MR) is 57.1 cm³/mol. The van der Waals surface area contributed by atoms with Crippen molar-refractivity contribution in [2.24, 2.45) is 0 Å². The molecule has 0 bridgehead atoms. The van der Waals surface area contributed by atoms with Crippen LogP contribution in [0.4, 0.5) is 0 Å². The van der Waals surface area contributed by atoms with Gasteiger partial charge in [-0.1, -0.05) is 0 Å². The first-order valence-corrected chi connectivity index (χ1v) is 5.67. The number of hydrogen-bond donors (Lipinski definition) is 1. The van der Waals surface area contributed by atoms with Crippen molar-refractivity contribution in [1.29, 1.82) is 0 Å². The van der Waals surface area contributed by atoms with Crippen LogP contribution < -0.4 is 0 Å². The standard InChI is InChI=1S/C9H7NO2S2/c1-5-7(6-2-3-13-4-6)14-8(10-5)9(11)12/h2-4H,1H3,(H,11,12). The van der Waals surface area contributed by atoms with Gasteiger partial charge in [0.15, 0.2) is 0 Å². The van der Waals surface area contributed by atoms with Gasteiger partial charge in [0.1, 0.15) is 0 Å². The number of thiazole rings is 1. The molecule has 0 fully saturated rings. The Morgan fingerprint density at radius 1 is 1.57 bits per heavy atom. The number of carbonyl (C=O) groups is 1. The first-order valence-electron chi connectivity index (χ1n) is 3.92. The van der Waals surface area contributed by atoms with Crippen LogP contribution in [0.25, 0.3) is 10.4 Å². The number of aromatic nitrogens is 1. The van der Waals surface area contributed by atoms with Crippen molar-refractivity contribution in [1.82, 2.24) is 4.98 Å². The van der Waals surface area contributed by atoms with Crippen LogP contribution in [0, 0.1) is 6.92 Å². The maximum atomic E-state index is 10.7. The van der Waals surface area contributed by atoms with Crippen molar-refractivity contribution in [3.8, 4) is 10.4 Å². The van der Waals surface area contributed by atoms with Gasteiger partial charge in [-0.2, -0.15) is 11.3 Å². The lowest BCUT2D eigenvalue weighted by atomic mass is 10.2. The number of carboxylic acids is 1. The Kier molecular flexibility index (Phi) is 2.35. The number of nitrogens with zero attached hydrogens (tertiary/aromatic N) is 1. The van der Waals surface area contributed by atoms with Gasteiger partial charge in [0.25, 0.3) is 0 Å². The summed E-state index contributed by atoms with van der Waals surface area (Å²) in [5, 5.41) is 12.9. The molecular weight excluding hydrogens is 218 g/mol. The first kappa shape index (κ1) is 9.36. The minimum Gasteiger partial charge on any atom is -0.476 e. The van der Waals surface area contributed by atoms with E-state index in [4.69, 9.17) is 5.11 Å². The average molecular weight is 225 g/mol. The summed E-state index contributed by atoms with van der Waals surface area (Å²) >= 11 is 2.81. The van der Waals surface area contributed by atoms with Crippen molar-refractivity contribution in [2.75, 3.05) is 0 Å². The highest BCUT2D eigenvalue weighted by molar-refractivity contribution is 7.17. The van der Waals surface area contributed by atoms with E-state index in [1.807, 2.05) is 23.8 Å². The second kappa shape index (κ2) is 3.51. The van der Waals surface area contributed by atoms with E-state index in [-0.39, 0.29) is 5.01 Å². The molecule has 2 rings (SSSR count). The highest BCUT2D eigenvalue weighted by Gasteiger charge is 2.14. The van der Waals surface area contributed by atoms with Gasteiger partial charge in [0.2, 0.25) is 5.01 Å². The van der Waals surface area contributed by atoms with Crippen molar-refractivity contribution >= 4 is 28.6 Å². The van der Waals surface area contributed by atoms with Crippen molar-refractivity contribution in [2.45, 2.75) is 6.92 Å². The van der Waals surface area contributed by atoms with E-state index in [0.29, 0.717) is 0 Å². The molecule has 0 aliphatic carbocycles. The second-order valence-corrected chi connectivity index (χ2v) is 4.53. The Hall–Kier alpha value is -1.20.